The van der Waals surface area contributed by atoms with E-state index < -0.39 is 11.6 Å². The highest BCUT2D eigenvalue weighted by molar-refractivity contribution is 6.47. The molecule has 0 spiro atoms. The Bertz CT molecular complexity index is 3150. The number of phenols is 6. The molecular weight excluding hydrogens is 713 g/mol. The minimum absolute atomic E-state index is 0.288. The highest BCUT2D eigenvalue weighted by Gasteiger charge is 2.22. The van der Waals surface area contributed by atoms with E-state index in [0.29, 0.717) is 88.7 Å². The fourth-order valence-corrected chi connectivity index (χ4v) is 7.27. The molecular formula is C44H30N4O8. The van der Waals surface area contributed by atoms with Crippen LogP contribution < -0.4 is 21.4 Å². The molecule has 10 N–H and O–H groups in total. The minimum atomic E-state index is -0.675. The van der Waals surface area contributed by atoms with E-state index in [2.05, 4.69) is 19.9 Å². The van der Waals surface area contributed by atoms with Crippen LogP contribution >= 0.6 is 0 Å². The van der Waals surface area contributed by atoms with Gasteiger partial charge in [0.1, 0.15) is 0 Å². The van der Waals surface area contributed by atoms with Crippen molar-refractivity contribution in [3.63, 3.8) is 0 Å². The molecule has 0 fully saturated rings. The SMILES string of the molecule is O=C1C=CC(/C2=c3\cc/c([nH]3)=C(\c3ccc(O)c(O)c3)c3ccc([nH]3)/C(c3ccc(O)c(O)c3)=c3/cc/c([nH]3)=C(\c3ccc(O)c(O)c3)c3ccc2[nH]3)=CC1=O. The van der Waals surface area contributed by atoms with Gasteiger partial charge in [-0.05, 0) is 119 Å². The van der Waals surface area contributed by atoms with Crippen LogP contribution in [0.15, 0.2) is 127 Å². The van der Waals surface area contributed by atoms with Gasteiger partial charge in [0.05, 0.1) is 0 Å². The average molecular weight is 743 g/mol. The molecule has 274 valence electrons. The molecule has 1 aliphatic carbocycles. The lowest BCUT2D eigenvalue weighted by molar-refractivity contribution is -0.131. The number of nitrogens with one attached hydrogen (secondary N) is 4. The fourth-order valence-electron chi connectivity index (χ4n) is 7.27. The number of aromatic hydroxyl groups is 6. The lowest BCUT2D eigenvalue weighted by atomic mass is 9.96. The first-order chi connectivity index (χ1) is 27.0. The van der Waals surface area contributed by atoms with Crippen LogP contribution in [-0.2, 0) is 9.59 Å². The molecule has 2 aliphatic rings. The Morgan fingerprint density at radius 3 is 1.05 bits per heavy atom. The highest BCUT2D eigenvalue weighted by atomic mass is 16.3. The van der Waals surface area contributed by atoms with Crippen LogP contribution in [-0.4, -0.2) is 62.1 Å². The molecule has 3 aromatic carbocycles. The number of aromatic nitrogens is 4. The van der Waals surface area contributed by atoms with Gasteiger partial charge in [0.25, 0.3) is 0 Å². The van der Waals surface area contributed by atoms with Crippen molar-refractivity contribution >= 4 is 33.9 Å². The average Bonchev–Trinajstić information content (AvgIpc) is 4.02. The van der Waals surface area contributed by atoms with Crippen molar-refractivity contribution in [2.45, 2.75) is 0 Å². The summed E-state index contributed by atoms with van der Waals surface area (Å²) in [5.74, 6) is -3.16. The van der Waals surface area contributed by atoms with Crippen molar-refractivity contribution in [2.24, 2.45) is 0 Å². The normalized spacial score (nSPS) is 18.0. The van der Waals surface area contributed by atoms with Crippen LogP contribution in [0.25, 0.3) is 22.3 Å². The number of phenolic OH excluding ortho intramolecular Hbond substituents is 6. The maximum absolute atomic E-state index is 12.8. The Morgan fingerprint density at radius 2 is 0.696 bits per heavy atom. The summed E-state index contributed by atoms with van der Waals surface area (Å²) in [6.07, 6.45) is 4.10. The van der Waals surface area contributed by atoms with Crippen LogP contribution in [0, 0.1) is 0 Å². The zero-order valence-electron chi connectivity index (χ0n) is 29.0. The van der Waals surface area contributed by atoms with E-state index in [4.69, 9.17) is 0 Å². The number of hydrogen-bond acceptors (Lipinski definition) is 8. The summed E-state index contributed by atoms with van der Waals surface area (Å²) >= 11 is 0. The molecule has 56 heavy (non-hydrogen) atoms. The number of H-pyrrole nitrogens is 4. The summed E-state index contributed by atoms with van der Waals surface area (Å²) in [7, 11) is 0. The molecule has 9 rings (SSSR count). The van der Waals surface area contributed by atoms with Crippen LogP contribution in [0.3, 0.4) is 0 Å². The van der Waals surface area contributed by atoms with E-state index in [1.165, 1.54) is 48.6 Å². The number of carbonyl (C=O) groups excluding carboxylic acids is 2. The second kappa shape index (κ2) is 12.8. The third-order valence-corrected chi connectivity index (χ3v) is 9.92. The number of benzene rings is 3. The van der Waals surface area contributed by atoms with E-state index in [0.717, 1.165) is 0 Å². The Kier molecular flexibility index (Phi) is 7.69. The van der Waals surface area contributed by atoms with Gasteiger partial charge in [-0.3, -0.25) is 9.59 Å². The molecule has 8 bridgehead atoms. The first-order valence-corrected chi connectivity index (χ1v) is 17.3. The summed E-state index contributed by atoms with van der Waals surface area (Å²) < 4.78 is 0. The van der Waals surface area contributed by atoms with Gasteiger partial charge in [0.2, 0.25) is 11.6 Å². The maximum Gasteiger partial charge on any atom is 0.226 e. The summed E-state index contributed by atoms with van der Waals surface area (Å²) in [5, 5.41) is 64.9. The quantitative estimate of drug-likeness (QED) is 0.0732. The lowest BCUT2D eigenvalue weighted by Gasteiger charge is -2.11. The van der Waals surface area contributed by atoms with Crippen molar-refractivity contribution < 1.29 is 40.2 Å². The third-order valence-electron chi connectivity index (χ3n) is 9.92. The van der Waals surface area contributed by atoms with Crippen LogP contribution in [0.2, 0.25) is 0 Å². The molecule has 0 radical (unpaired) electrons. The molecule has 12 nitrogen and oxygen atoms in total. The molecule has 12 heteroatoms. The molecule has 0 atom stereocenters. The standard InChI is InChI=1S/C44H30N4O8/c49-33-13-1-21(17-37(33)53)41-25-5-7-27(45-25)42(22-2-14-34(50)38(54)18-22)29-9-11-31(47-29)44(24-4-16-36(52)40(56)20-24)32-12-10-30(48-32)43(28-8-6-26(41)46-28)23-3-15-35(51)39(55)19-23/h1-20,45-51,53-55H/b41-25-,41-26?,42-27-,42-29?,43-28?,43-30-,44-31?,44-32-. The van der Waals surface area contributed by atoms with Gasteiger partial charge in [0, 0.05) is 66.5 Å². The fraction of sp³-hybridized carbons (Fsp3) is 0. The predicted octanol–water partition coefficient (Wildman–Crippen LogP) is 3.12. The van der Waals surface area contributed by atoms with Crippen LogP contribution in [0.1, 0.15) is 39.5 Å². The molecule has 0 unspecified atom stereocenters. The van der Waals surface area contributed by atoms with Gasteiger partial charge >= 0.3 is 0 Å². The number of hydrogen-bond donors (Lipinski definition) is 10. The van der Waals surface area contributed by atoms with E-state index >= 15 is 0 Å². The first kappa shape index (κ1) is 33.7. The number of ketones is 2. The first-order valence-electron chi connectivity index (χ1n) is 17.3. The number of aromatic amines is 4. The molecule has 0 saturated heterocycles. The molecule has 0 amide bonds. The Morgan fingerprint density at radius 1 is 0.339 bits per heavy atom. The third kappa shape index (κ3) is 5.65. The van der Waals surface area contributed by atoms with Gasteiger partial charge < -0.3 is 50.6 Å². The topological polar surface area (TPSA) is 219 Å². The van der Waals surface area contributed by atoms with E-state index in [-0.39, 0.29) is 34.5 Å². The zero-order chi connectivity index (χ0) is 38.8. The Labute approximate surface area is 315 Å². The summed E-state index contributed by atoms with van der Waals surface area (Å²) in [6, 6.07) is 28.3. The number of fused-ring (bicyclic) bond motifs is 8. The van der Waals surface area contributed by atoms with Crippen molar-refractivity contribution in [2.75, 3.05) is 0 Å². The maximum atomic E-state index is 12.8. The number of allylic oxidation sites excluding steroid dienone is 4. The lowest BCUT2D eigenvalue weighted by Crippen LogP contribution is -2.20. The summed E-state index contributed by atoms with van der Waals surface area (Å²) in [6.45, 7) is 0. The van der Waals surface area contributed by atoms with Crippen LogP contribution in [0.5, 0.6) is 34.5 Å². The van der Waals surface area contributed by atoms with Gasteiger partial charge in [-0.2, -0.15) is 0 Å². The van der Waals surface area contributed by atoms with E-state index in [1.807, 2.05) is 48.5 Å². The van der Waals surface area contributed by atoms with E-state index in [9.17, 15) is 40.2 Å². The zero-order valence-corrected chi connectivity index (χ0v) is 29.0. The van der Waals surface area contributed by atoms with Crippen LogP contribution in [0.4, 0.5) is 0 Å². The van der Waals surface area contributed by atoms with Crippen molar-refractivity contribution in [3.05, 3.63) is 188 Å². The van der Waals surface area contributed by atoms with Gasteiger partial charge in [0.15, 0.2) is 34.5 Å². The predicted molar refractivity (Wildman–Crippen MR) is 206 cm³/mol. The van der Waals surface area contributed by atoms with Crippen molar-refractivity contribution in [1.82, 2.24) is 19.9 Å². The number of rotatable bonds is 4. The second-order valence-electron chi connectivity index (χ2n) is 13.4. The van der Waals surface area contributed by atoms with Gasteiger partial charge in [-0.1, -0.05) is 24.3 Å². The monoisotopic (exact) mass is 742 g/mol. The summed E-state index contributed by atoms with van der Waals surface area (Å²) in [4.78, 5) is 39.0. The molecule has 5 heterocycles. The molecule has 1 aliphatic heterocycles. The van der Waals surface area contributed by atoms with E-state index in [1.54, 1.807) is 24.3 Å². The van der Waals surface area contributed by atoms with Gasteiger partial charge in [-0.25, -0.2) is 0 Å². The smallest absolute Gasteiger partial charge is 0.226 e. The largest absolute Gasteiger partial charge is 0.504 e. The highest BCUT2D eigenvalue weighted by Crippen LogP contribution is 2.34. The number of carbonyl (C=O) groups is 2. The molecule has 0 saturated carbocycles. The molecule has 7 aromatic rings. The van der Waals surface area contributed by atoms with Crippen molar-refractivity contribution in [3.8, 4) is 34.5 Å². The summed E-state index contributed by atoms with van der Waals surface area (Å²) in [5.41, 5.74) is 6.90. The second-order valence-corrected chi connectivity index (χ2v) is 13.4. The van der Waals surface area contributed by atoms with Crippen molar-refractivity contribution in [1.29, 1.82) is 0 Å². The Hall–Kier alpha value is -8.12. The van der Waals surface area contributed by atoms with Gasteiger partial charge in [-0.15, -0.1) is 0 Å². The minimum Gasteiger partial charge on any atom is -0.504 e. The Balaban J connectivity index is 1.44. The molecule has 4 aromatic heterocycles.